The lowest BCUT2D eigenvalue weighted by Crippen LogP contribution is -2.20. The molecule has 0 saturated carbocycles. The number of methoxy groups -OCH3 is 1. The zero-order valence-electron chi connectivity index (χ0n) is 15.8. The lowest BCUT2D eigenvalue weighted by molar-refractivity contribution is -0.118. The van der Waals surface area contributed by atoms with Crippen LogP contribution in [0.3, 0.4) is 0 Å². The Balaban J connectivity index is 1.56. The number of hydrazone groups is 1. The normalized spacial score (nSPS) is 10.7. The number of aromatic nitrogens is 1. The topological polar surface area (TPSA) is 84.8 Å². The van der Waals surface area contributed by atoms with Crippen molar-refractivity contribution in [3.8, 4) is 11.5 Å². The fourth-order valence-corrected chi connectivity index (χ4v) is 3.23. The van der Waals surface area contributed by atoms with Crippen molar-refractivity contribution in [3.63, 3.8) is 0 Å². The predicted octanol–water partition coefficient (Wildman–Crippen LogP) is 4.69. The van der Waals surface area contributed by atoms with Crippen LogP contribution in [0.15, 0.2) is 57.4 Å². The van der Waals surface area contributed by atoms with Crippen molar-refractivity contribution in [1.82, 2.24) is 4.98 Å². The molecule has 0 aliphatic carbocycles. The van der Waals surface area contributed by atoms with E-state index < -0.39 is 0 Å². The Morgan fingerprint density at radius 3 is 2.72 bits per heavy atom. The van der Waals surface area contributed by atoms with Crippen molar-refractivity contribution in [2.24, 2.45) is 5.10 Å². The molecule has 0 spiro atoms. The Morgan fingerprint density at radius 1 is 1.24 bits per heavy atom. The third kappa shape index (κ3) is 6.30. The minimum atomic E-state index is -0.261. The third-order valence-electron chi connectivity index (χ3n) is 3.67. The van der Waals surface area contributed by atoms with Crippen molar-refractivity contribution < 1.29 is 14.3 Å². The largest absolute Gasteiger partial charge is 0.493 e. The molecule has 0 aliphatic heterocycles. The van der Waals surface area contributed by atoms with Gasteiger partial charge in [-0.3, -0.25) is 10.2 Å². The molecule has 2 aromatic carbocycles. The molecule has 3 rings (SSSR count). The first-order chi connectivity index (χ1) is 14.0. The van der Waals surface area contributed by atoms with Gasteiger partial charge in [-0.1, -0.05) is 15.9 Å². The van der Waals surface area contributed by atoms with Gasteiger partial charge in [0.2, 0.25) is 5.13 Å². The number of benzene rings is 2. The summed E-state index contributed by atoms with van der Waals surface area (Å²) in [6.45, 7) is 1.79. The van der Waals surface area contributed by atoms with Gasteiger partial charge in [0.05, 0.1) is 19.0 Å². The first-order valence-electron chi connectivity index (χ1n) is 8.61. The van der Waals surface area contributed by atoms with Crippen molar-refractivity contribution >= 4 is 50.2 Å². The van der Waals surface area contributed by atoms with Crippen LogP contribution in [0.5, 0.6) is 11.5 Å². The average Bonchev–Trinajstić information content (AvgIpc) is 3.13. The molecule has 7 nitrogen and oxygen atoms in total. The highest BCUT2D eigenvalue weighted by atomic mass is 79.9. The molecule has 1 heterocycles. The fourth-order valence-electron chi connectivity index (χ4n) is 2.32. The molecule has 0 fully saturated rings. The maximum absolute atomic E-state index is 12.1. The second-order valence-corrected chi connectivity index (χ2v) is 7.69. The Kier molecular flexibility index (Phi) is 7.20. The molecular weight excluding hydrogens is 456 g/mol. The second kappa shape index (κ2) is 10.0. The number of nitrogens with one attached hydrogen (secondary N) is 2. The quantitative estimate of drug-likeness (QED) is 0.365. The Labute approximate surface area is 180 Å². The lowest BCUT2D eigenvalue weighted by atomic mass is 10.2. The van der Waals surface area contributed by atoms with E-state index in [4.69, 9.17) is 9.47 Å². The number of hydrogen-bond acceptors (Lipinski definition) is 7. The summed E-state index contributed by atoms with van der Waals surface area (Å²) in [7, 11) is 1.54. The van der Waals surface area contributed by atoms with Crippen LogP contribution in [0, 0.1) is 6.92 Å². The minimum absolute atomic E-state index is 0.134. The molecule has 2 N–H and O–H groups in total. The molecule has 150 valence electrons. The van der Waals surface area contributed by atoms with Crippen molar-refractivity contribution in [1.29, 1.82) is 0 Å². The average molecular weight is 475 g/mol. The van der Waals surface area contributed by atoms with E-state index in [-0.39, 0.29) is 12.5 Å². The zero-order valence-corrected chi connectivity index (χ0v) is 18.2. The minimum Gasteiger partial charge on any atom is -0.493 e. The van der Waals surface area contributed by atoms with Gasteiger partial charge in [0.25, 0.3) is 5.91 Å². The van der Waals surface area contributed by atoms with Gasteiger partial charge in [0.15, 0.2) is 18.1 Å². The van der Waals surface area contributed by atoms with Gasteiger partial charge in [-0.2, -0.15) is 5.10 Å². The Hall–Kier alpha value is -2.91. The number of carbonyl (C=O) groups excluding carboxylic acids is 1. The number of hydrogen-bond donors (Lipinski definition) is 2. The first-order valence-corrected chi connectivity index (χ1v) is 10.3. The van der Waals surface area contributed by atoms with Crippen LogP contribution in [-0.2, 0) is 4.79 Å². The van der Waals surface area contributed by atoms with E-state index in [0.29, 0.717) is 17.2 Å². The predicted molar refractivity (Wildman–Crippen MR) is 119 cm³/mol. The van der Waals surface area contributed by atoms with E-state index in [1.807, 2.05) is 30.5 Å². The zero-order chi connectivity index (χ0) is 20.6. The van der Waals surface area contributed by atoms with Crippen LogP contribution in [0.4, 0.5) is 10.8 Å². The monoisotopic (exact) mass is 474 g/mol. The summed E-state index contributed by atoms with van der Waals surface area (Å²) in [6.07, 6.45) is 1.66. The summed E-state index contributed by atoms with van der Waals surface area (Å²) >= 11 is 4.84. The molecule has 1 amide bonds. The lowest BCUT2D eigenvalue weighted by Gasteiger charge is -2.11. The van der Waals surface area contributed by atoms with E-state index >= 15 is 0 Å². The van der Waals surface area contributed by atoms with E-state index in [2.05, 4.69) is 36.8 Å². The summed E-state index contributed by atoms with van der Waals surface area (Å²) in [5.41, 5.74) is 5.34. The van der Waals surface area contributed by atoms with Crippen molar-refractivity contribution in [2.45, 2.75) is 6.92 Å². The molecule has 0 atom stereocenters. The van der Waals surface area contributed by atoms with E-state index in [1.165, 1.54) is 11.3 Å². The molecule has 0 unspecified atom stereocenters. The number of nitrogens with zero attached hydrogens (tertiary/aromatic N) is 2. The number of amides is 1. The van der Waals surface area contributed by atoms with Crippen LogP contribution < -0.4 is 20.2 Å². The molecule has 9 heteroatoms. The SMILES string of the molecule is COc1cc(C=NNc2nc(C)cs2)ccc1OCC(=O)Nc1ccc(Br)cc1. The van der Waals surface area contributed by atoms with Crippen molar-refractivity contribution in [2.75, 3.05) is 24.5 Å². The molecule has 0 saturated heterocycles. The molecule has 0 radical (unpaired) electrons. The molecular formula is C20H19BrN4O3S. The Morgan fingerprint density at radius 2 is 2.03 bits per heavy atom. The maximum atomic E-state index is 12.1. The number of halogens is 1. The van der Waals surface area contributed by atoms with Crippen LogP contribution in [0.2, 0.25) is 0 Å². The molecule has 0 bridgehead atoms. The summed E-state index contributed by atoms with van der Waals surface area (Å²) < 4.78 is 11.9. The number of anilines is 2. The standard InChI is InChI=1S/C20H19BrN4O3S/c1-13-12-29-20(23-13)25-22-10-14-3-8-17(18(9-14)27-2)28-11-19(26)24-16-6-4-15(21)5-7-16/h3-10,12H,11H2,1-2H3,(H,23,25)(H,24,26). The molecule has 29 heavy (non-hydrogen) atoms. The van der Waals surface area contributed by atoms with Gasteiger partial charge in [0, 0.05) is 15.5 Å². The van der Waals surface area contributed by atoms with Gasteiger partial charge in [-0.05, 0) is 55.0 Å². The van der Waals surface area contributed by atoms with Crippen LogP contribution >= 0.6 is 27.3 Å². The fraction of sp³-hybridized carbons (Fsp3) is 0.150. The second-order valence-electron chi connectivity index (χ2n) is 5.92. The summed E-state index contributed by atoms with van der Waals surface area (Å²) in [5, 5.41) is 9.61. The maximum Gasteiger partial charge on any atom is 0.262 e. The van der Waals surface area contributed by atoms with E-state index in [9.17, 15) is 4.79 Å². The summed E-state index contributed by atoms with van der Waals surface area (Å²) in [5.74, 6) is 0.720. The summed E-state index contributed by atoms with van der Waals surface area (Å²) in [6, 6.07) is 12.6. The van der Waals surface area contributed by atoms with Crippen LogP contribution in [0.25, 0.3) is 0 Å². The van der Waals surface area contributed by atoms with Crippen LogP contribution in [-0.4, -0.2) is 30.8 Å². The van der Waals surface area contributed by atoms with Gasteiger partial charge in [0.1, 0.15) is 0 Å². The number of rotatable bonds is 8. The highest BCUT2D eigenvalue weighted by molar-refractivity contribution is 9.10. The van der Waals surface area contributed by atoms with E-state index in [0.717, 1.165) is 20.9 Å². The van der Waals surface area contributed by atoms with Gasteiger partial charge < -0.3 is 14.8 Å². The molecule has 1 aromatic heterocycles. The Bertz CT molecular complexity index is 1010. The van der Waals surface area contributed by atoms with Gasteiger partial charge in [-0.15, -0.1) is 11.3 Å². The van der Waals surface area contributed by atoms with Gasteiger partial charge in [-0.25, -0.2) is 4.98 Å². The number of ether oxygens (including phenoxy) is 2. The smallest absolute Gasteiger partial charge is 0.262 e. The first kappa shape index (κ1) is 20.8. The highest BCUT2D eigenvalue weighted by Gasteiger charge is 2.09. The number of aryl methyl sites for hydroxylation is 1. The van der Waals surface area contributed by atoms with Gasteiger partial charge >= 0.3 is 0 Å². The third-order valence-corrected chi connectivity index (χ3v) is 5.06. The van der Waals surface area contributed by atoms with Crippen molar-refractivity contribution in [3.05, 3.63) is 63.6 Å². The number of thiazole rings is 1. The summed E-state index contributed by atoms with van der Waals surface area (Å²) in [4.78, 5) is 16.4. The number of carbonyl (C=O) groups is 1. The highest BCUT2D eigenvalue weighted by Crippen LogP contribution is 2.27. The van der Waals surface area contributed by atoms with E-state index in [1.54, 1.807) is 37.6 Å². The molecule has 0 aliphatic rings. The molecule has 3 aromatic rings. The van der Waals surface area contributed by atoms with Crippen LogP contribution in [0.1, 0.15) is 11.3 Å².